The third-order valence-electron chi connectivity index (χ3n) is 4.25. The van der Waals surface area contributed by atoms with Crippen LogP contribution in [0.4, 0.5) is 4.79 Å². The first-order chi connectivity index (χ1) is 13.5. The monoisotopic (exact) mass is 446 g/mol. The molecule has 0 aromatic heterocycles. The number of ether oxygens (including phenoxy) is 3. The highest BCUT2D eigenvalue weighted by atomic mass is 79.9. The summed E-state index contributed by atoms with van der Waals surface area (Å²) in [4.78, 5) is 26.2. The predicted molar refractivity (Wildman–Crippen MR) is 107 cm³/mol. The number of hydrogen-bond donors (Lipinski definition) is 1. The van der Waals surface area contributed by atoms with Crippen LogP contribution in [0.15, 0.2) is 46.6 Å². The zero-order valence-electron chi connectivity index (χ0n) is 15.6. The maximum absolute atomic E-state index is 12.8. The van der Waals surface area contributed by atoms with Crippen LogP contribution in [0.3, 0.4) is 0 Å². The molecule has 1 fully saturated rings. The van der Waals surface area contributed by atoms with Crippen LogP contribution in [0.5, 0.6) is 17.2 Å². The van der Waals surface area contributed by atoms with Gasteiger partial charge in [-0.15, -0.1) is 0 Å². The summed E-state index contributed by atoms with van der Waals surface area (Å²) < 4.78 is 16.6. The fraction of sp³-hybridized carbons (Fsp3) is 0.200. The molecule has 7 nitrogen and oxygen atoms in total. The van der Waals surface area contributed by atoms with Gasteiger partial charge in [-0.25, -0.2) is 4.79 Å². The molecule has 146 valence electrons. The van der Waals surface area contributed by atoms with Crippen molar-refractivity contribution in [3.05, 3.63) is 57.7 Å². The topological polar surface area (TPSA) is 77.1 Å². The van der Waals surface area contributed by atoms with E-state index in [1.165, 1.54) is 7.11 Å². The van der Waals surface area contributed by atoms with E-state index in [9.17, 15) is 9.59 Å². The van der Waals surface area contributed by atoms with Crippen LogP contribution in [0.2, 0.25) is 0 Å². The van der Waals surface area contributed by atoms with E-state index in [2.05, 4.69) is 21.2 Å². The number of carbonyl (C=O) groups is 2. The lowest BCUT2D eigenvalue weighted by atomic mass is 10.1. The number of imide groups is 1. The SMILES string of the molecule is COc1ccc(Br)cc1CN1C(=O)N/C(=C/c2ccc(OC)c(OC)c2)C1=O. The second kappa shape index (κ2) is 8.35. The van der Waals surface area contributed by atoms with E-state index < -0.39 is 11.9 Å². The van der Waals surface area contributed by atoms with Crippen molar-refractivity contribution in [2.45, 2.75) is 6.54 Å². The third-order valence-corrected chi connectivity index (χ3v) is 4.75. The number of rotatable bonds is 6. The third kappa shape index (κ3) is 3.96. The minimum Gasteiger partial charge on any atom is -0.496 e. The van der Waals surface area contributed by atoms with Crippen molar-refractivity contribution in [2.75, 3.05) is 21.3 Å². The van der Waals surface area contributed by atoms with Crippen molar-refractivity contribution in [1.82, 2.24) is 10.2 Å². The molecule has 0 saturated carbocycles. The van der Waals surface area contributed by atoms with Gasteiger partial charge in [0.1, 0.15) is 11.4 Å². The summed E-state index contributed by atoms with van der Waals surface area (Å²) in [6.07, 6.45) is 1.60. The smallest absolute Gasteiger partial charge is 0.329 e. The normalized spacial score (nSPS) is 15.0. The fourth-order valence-electron chi connectivity index (χ4n) is 2.87. The van der Waals surface area contributed by atoms with Crippen LogP contribution in [0, 0.1) is 0 Å². The maximum atomic E-state index is 12.8. The van der Waals surface area contributed by atoms with Crippen molar-refractivity contribution < 1.29 is 23.8 Å². The largest absolute Gasteiger partial charge is 0.496 e. The first-order valence-electron chi connectivity index (χ1n) is 8.35. The van der Waals surface area contributed by atoms with Gasteiger partial charge in [0.25, 0.3) is 5.91 Å². The van der Waals surface area contributed by atoms with Crippen molar-refractivity contribution >= 4 is 33.9 Å². The molecule has 0 aliphatic carbocycles. The van der Waals surface area contributed by atoms with Gasteiger partial charge >= 0.3 is 6.03 Å². The molecule has 0 radical (unpaired) electrons. The first-order valence-corrected chi connectivity index (χ1v) is 9.15. The summed E-state index contributed by atoms with van der Waals surface area (Å²) in [5.74, 6) is 1.29. The average Bonchev–Trinajstić information content (AvgIpc) is 2.95. The molecular formula is C20H19BrN2O5. The second-order valence-electron chi connectivity index (χ2n) is 5.95. The van der Waals surface area contributed by atoms with Gasteiger partial charge < -0.3 is 19.5 Å². The van der Waals surface area contributed by atoms with Gasteiger partial charge in [0.05, 0.1) is 27.9 Å². The molecule has 3 rings (SSSR count). The molecule has 8 heteroatoms. The number of halogens is 1. The molecule has 1 saturated heterocycles. The molecule has 2 aromatic rings. The summed E-state index contributed by atoms with van der Waals surface area (Å²) in [6, 6.07) is 10.2. The molecule has 3 amide bonds. The van der Waals surface area contributed by atoms with Crippen LogP contribution in [-0.4, -0.2) is 38.2 Å². The molecule has 0 atom stereocenters. The lowest BCUT2D eigenvalue weighted by molar-refractivity contribution is -0.123. The van der Waals surface area contributed by atoms with Crippen molar-refractivity contribution in [2.24, 2.45) is 0 Å². The first kappa shape index (κ1) is 19.8. The number of amides is 3. The highest BCUT2D eigenvalue weighted by Crippen LogP contribution is 2.29. The van der Waals surface area contributed by atoms with E-state index >= 15 is 0 Å². The summed E-state index contributed by atoms with van der Waals surface area (Å²) in [5, 5.41) is 2.61. The summed E-state index contributed by atoms with van der Waals surface area (Å²) in [5.41, 5.74) is 1.60. The van der Waals surface area contributed by atoms with E-state index in [-0.39, 0.29) is 12.2 Å². The van der Waals surface area contributed by atoms with Gasteiger partial charge in [-0.05, 0) is 42.0 Å². The molecule has 28 heavy (non-hydrogen) atoms. The Balaban J connectivity index is 1.86. The molecule has 1 N–H and O–H groups in total. The Hall–Kier alpha value is -3.00. The Morgan fingerprint density at radius 1 is 0.964 bits per heavy atom. The number of methoxy groups -OCH3 is 3. The molecule has 1 aliphatic heterocycles. The van der Waals surface area contributed by atoms with Crippen molar-refractivity contribution in [3.8, 4) is 17.2 Å². The highest BCUT2D eigenvalue weighted by molar-refractivity contribution is 9.10. The zero-order chi connectivity index (χ0) is 20.3. The van der Waals surface area contributed by atoms with Crippen LogP contribution < -0.4 is 19.5 Å². The Labute approximate surface area is 171 Å². The number of carbonyl (C=O) groups excluding carboxylic acids is 2. The number of benzene rings is 2. The zero-order valence-corrected chi connectivity index (χ0v) is 17.2. The lowest BCUT2D eigenvalue weighted by Crippen LogP contribution is -2.30. The molecule has 1 aliphatic rings. The maximum Gasteiger partial charge on any atom is 0.329 e. The Morgan fingerprint density at radius 3 is 2.32 bits per heavy atom. The van der Waals surface area contributed by atoms with Gasteiger partial charge in [0.2, 0.25) is 0 Å². The lowest BCUT2D eigenvalue weighted by Gasteiger charge is -2.15. The fourth-order valence-corrected chi connectivity index (χ4v) is 3.27. The number of nitrogens with one attached hydrogen (secondary N) is 1. The minimum atomic E-state index is -0.487. The molecule has 0 bridgehead atoms. The number of nitrogens with zero attached hydrogens (tertiary/aromatic N) is 1. The van der Waals surface area contributed by atoms with Crippen LogP contribution >= 0.6 is 15.9 Å². The van der Waals surface area contributed by atoms with E-state index in [1.807, 2.05) is 12.1 Å². The molecule has 2 aromatic carbocycles. The second-order valence-corrected chi connectivity index (χ2v) is 6.87. The van der Waals surface area contributed by atoms with Crippen molar-refractivity contribution in [1.29, 1.82) is 0 Å². The van der Waals surface area contributed by atoms with Gasteiger partial charge in [-0.1, -0.05) is 22.0 Å². The van der Waals surface area contributed by atoms with E-state index in [0.717, 1.165) is 9.37 Å². The van der Waals surface area contributed by atoms with Gasteiger partial charge in [0.15, 0.2) is 11.5 Å². The summed E-state index contributed by atoms with van der Waals surface area (Å²) in [6.45, 7) is 0.0938. The van der Waals surface area contributed by atoms with Crippen LogP contribution in [0.1, 0.15) is 11.1 Å². The van der Waals surface area contributed by atoms with Crippen LogP contribution in [0.25, 0.3) is 6.08 Å². The Morgan fingerprint density at radius 2 is 1.64 bits per heavy atom. The average molecular weight is 447 g/mol. The van der Waals surface area contributed by atoms with Gasteiger partial charge in [0, 0.05) is 10.0 Å². The summed E-state index contributed by atoms with van der Waals surface area (Å²) >= 11 is 3.39. The minimum absolute atomic E-state index is 0.0938. The van der Waals surface area contributed by atoms with Gasteiger partial charge in [-0.3, -0.25) is 9.69 Å². The molecular weight excluding hydrogens is 428 g/mol. The van der Waals surface area contributed by atoms with Crippen LogP contribution in [-0.2, 0) is 11.3 Å². The van der Waals surface area contributed by atoms with E-state index in [4.69, 9.17) is 14.2 Å². The van der Waals surface area contributed by atoms with Crippen molar-refractivity contribution in [3.63, 3.8) is 0 Å². The molecule has 0 unspecified atom stereocenters. The number of hydrogen-bond acceptors (Lipinski definition) is 5. The van der Waals surface area contributed by atoms with E-state index in [0.29, 0.717) is 28.4 Å². The number of urea groups is 1. The van der Waals surface area contributed by atoms with Gasteiger partial charge in [-0.2, -0.15) is 0 Å². The Bertz CT molecular complexity index is 958. The molecule has 0 spiro atoms. The highest BCUT2D eigenvalue weighted by Gasteiger charge is 2.34. The Kier molecular flexibility index (Phi) is 5.89. The van der Waals surface area contributed by atoms with E-state index in [1.54, 1.807) is 44.6 Å². The molecule has 1 heterocycles. The quantitative estimate of drug-likeness (QED) is 0.542. The summed E-state index contributed by atoms with van der Waals surface area (Å²) in [7, 11) is 4.62. The standard InChI is InChI=1S/C20H19BrN2O5/c1-26-16-7-5-14(21)10-13(16)11-23-19(24)15(22-20(23)25)8-12-4-6-17(27-2)18(9-12)28-3/h4-10H,11H2,1-3H3,(H,22,25)/b15-8+. The predicted octanol–water partition coefficient (Wildman–Crippen LogP) is 3.57.